The SMILES string of the molecule is CCCCCCCCCCCCCCCCOc1ccc(C=Cc2ccc(S(=O)(=O)CCCCCCCCCCCCO)cc2)cc1. The van der Waals surface area contributed by atoms with E-state index < -0.39 is 9.84 Å². The summed E-state index contributed by atoms with van der Waals surface area (Å²) in [4.78, 5) is 0.415. The molecule has 5 heteroatoms. The maximum absolute atomic E-state index is 12.8. The molecule has 47 heavy (non-hydrogen) atoms. The van der Waals surface area contributed by atoms with Gasteiger partial charge in [-0.2, -0.15) is 0 Å². The zero-order valence-electron chi connectivity index (χ0n) is 29.9. The second-order valence-corrected chi connectivity index (χ2v) is 15.6. The summed E-state index contributed by atoms with van der Waals surface area (Å²) in [6.07, 6.45) is 34.1. The zero-order valence-corrected chi connectivity index (χ0v) is 30.8. The van der Waals surface area contributed by atoms with Crippen LogP contribution in [-0.2, 0) is 9.84 Å². The third-order valence-electron chi connectivity index (χ3n) is 9.18. The maximum Gasteiger partial charge on any atom is 0.178 e. The van der Waals surface area contributed by atoms with E-state index in [1.807, 2.05) is 30.3 Å². The van der Waals surface area contributed by atoms with Gasteiger partial charge in [-0.15, -0.1) is 0 Å². The Balaban J connectivity index is 1.53. The fourth-order valence-electron chi connectivity index (χ4n) is 6.08. The van der Waals surface area contributed by atoms with Gasteiger partial charge in [0.05, 0.1) is 17.3 Å². The molecule has 0 saturated heterocycles. The third kappa shape index (κ3) is 21.5. The Morgan fingerprint density at radius 3 is 1.34 bits per heavy atom. The molecule has 266 valence electrons. The van der Waals surface area contributed by atoms with Crippen molar-refractivity contribution in [1.82, 2.24) is 0 Å². The van der Waals surface area contributed by atoms with Crippen LogP contribution < -0.4 is 4.74 Å². The van der Waals surface area contributed by atoms with Crippen molar-refractivity contribution in [3.8, 4) is 5.75 Å². The van der Waals surface area contributed by atoms with Gasteiger partial charge in [-0.1, -0.05) is 178 Å². The Morgan fingerprint density at radius 2 is 0.894 bits per heavy atom. The van der Waals surface area contributed by atoms with E-state index in [1.54, 1.807) is 12.1 Å². The van der Waals surface area contributed by atoms with Crippen LogP contribution in [0.25, 0.3) is 12.2 Å². The number of unbranched alkanes of at least 4 members (excludes halogenated alkanes) is 22. The van der Waals surface area contributed by atoms with Gasteiger partial charge < -0.3 is 9.84 Å². The summed E-state index contributed by atoms with van der Waals surface area (Å²) in [5, 5.41) is 8.82. The molecule has 0 atom stereocenters. The standard InChI is InChI=1S/C42H68O4S/c1-2-3-4-5-6-7-8-9-10-12-15-18-21-24-37-46-41-32-28-39(29-33-41)26-27-40-30-34-42(35-31-40)47(44,45)38-25-22-19-16-13-11-14-17-20-23-36-43/h26-35,43H,2-25,36-38H2,1H3. The van der Waals surface area contributed by atoms with E-state index in [1.165, 1.54) is 116 Å². The van der Waals surface area contributed by atoms with Crippen LogP contribution >= 0.6 is 0 Å². The van der Waals surface area contributed by atoms with Crippen molar-refractivity contribution in [1.29, 1.82) is 0 Å². The van der Waals surface area contributed by atoms with Gasteiger partial charge >= 0.3 is 0 Å². The van der Waals surface area contributed by atoms with E-state index >= 15 is 0 Å². The van der Waals surface area contributed by atoms with E-state index in [-0.39, 0.29) is 5.75 Å². The minimum absolute atomic E-state index is 0.219. The summed E-state index contributed by atoms with van der Waals surface area (Å²) >= 11 is 0. The van der Waals surface area contributed by atoms with Gasteiger partial charge in [0.15, 0.2) is 9.84 Å². The molecule has 0 saturated carbocycles. The molecule has 0 aromatic heterocycles. The van der Waals surface area contributed by atoms with Crippen LogP contribution in [0.2, 0.25) is 0 Å². The lowest BCUT2D eigenvalue weighted by Gasteiger charge is -2.07. The third-order valence-corrected chi connectivity index (χ3v) is 11.0. The number of benzene rings is 2. The van der Waals surface area contributed by atoms with Crippen molar-refractivity contribution < 1.29 is 18.3 Å². The topological polar surface area (TPSA) is 63.6 Å². The summed E-state index contributed by atoms with van der Waals surface area (Å²) in [7, 11) is -3.24. The zero-order chi connectivity index (χ0) is 33.7. The molecule has 1 N–H and O–H groups in total. The van der Waals surface area contributed by atoms with Crippen LogP contribution in [0, 0.1) is 0 Å². The highest BCUT2D eigenvalue weighted by atomic mass is 32.2. The van der Waals surface area contributed by atoms with Crippen LogP contribution in [0.15, 0.2) is 53.4 Å². The molecule has 2 aromatic rings. The van der Waals surface area contributed by atoms with Gasteiger partial charge in [0, 0.05) is 6.61 Å². The Labute approximate surface area is 289 Å². The van der Waals surface area contributed by atoms with Crippen molar-refractivity contribution in [3.63, 3.8) is 0 Å². The minimum Gasteiger partial charge on any atom is -0.494 e. The van der Waals surface area contributed by atoms with Gasteiger partial charge in [0.25, 0.3) is 0 Å². The first kappa shape index (κ1) is 41.1. The Bertz CT molecular complexity index is 1120. The summed E-state index contributed by atoms with van der Waals surface area (Å²) < 4.78 is 31.5. The lowest BCUT2D eigenvalue weighted by atomic mass is 10.0. The second kappa shape index (κ2) is 27.8. The predicted molar refractivity (Wildman–Crippen MR) is 203 cm³/mol. The summed E-state index contributed by atoms with van der Waals surface area (Å²) in [5.41, 5.74) is 2.07. The average Bonchev–Trinajstić information content (AvgIpc) is 3.08. The molecule has 0 radical (unpaired) electrons. The average molecular weight is 669 g/mol. The number of rotatable bonds is 31. The van der Waals surface area contributed by atoms with Crippen molar-refractivity contribution in [2.45, 2.75) is 166 Å². The molecule has 0 amide bonds. The highest BCUT2D eigenvalue weighted by Gasteiger charge is 2.13. The Kier molecular flexibility index (Phi) is 24.3. The first-order valence-corrected chi connectivity index (χ1v) is 21.0. The molecule has 0 spiro atoms. The number of ether oxygens (including phenoxy) is 1. The molecule has 2 aromatic carbocycles. The van der Waals surface area contributed by atoms with Gasteiger partial charge in [-0.25, -0.2) is 8.42 Å². The van der Waals surface area contributed by atoms with Crippen LogP contribution in [0.4, 0.5) is 0 Å². The monoisotopic (exact) mass is 668 g/mol. The van der Waals surface area contributed by atoms with Gasteiger partial charge in [0.1, 0.15) is 5.75 Å². The summed E-state index contributed by atoms with van der Waals surface area (Å²) in [5.74, 6) is 1.13. The molecule has 4 nitrogen and oxygen atoms in total. The van der Waals surface area contributed by atoms with Gasteiger partial charge in [-0.3, -0.25) is 0 Å². The molecule has 0 aliphatic heterocycles. The molecule has 0 heterocycles. The minimum atomic E-state index is -3.24. The Morgan fingerprint density at radius 1 is 0.511 bits per heavy atom. The van der Waals surface area contributed by atoms with Crippen LogP contribution in [0.1, 0.15) is 172 Å². The van der Waals surface area contributed by atoms with Crippen LogP contribution in [0.3, 0.4) is 0 Å². The molecule has 0 bridgehead atoms. The number of hydrogen-bond donors (Lipinski definition) is 1. The van der Waals surface area contributed by atoms with Gasteiger partial charge in [-0.05, 0) is 54.7 Å². The van der Waals surface area contributed by atoms with Crippen molar-refractivity contribution >= 4 is 22.0 Å². The fourth-order valence-corrected chi connectivity index (χ4v) is 7.45. The Hall–Kier alpha value is -2.11. The van der Waals surface area contributed by atoms with E-state index in [0.717, 1.165) is 62.0 Å². The van der Waals surface area contributed by atoms with E-state index in [9.17, 15) is 8.42 Å². The largest absolute Gasteiger partial charge is 0.494 e. The van der Waals surface area contributed by atoms with E-state index in [2.05, 4.69) is 25.1 Å². The second-order valence-electron chi connectivity index (χ2n) is 13.5. The van der Waals surface area contributed by atoms with Crippen molar-refractivity contribution in [3.05, 3.63) is 59.7 Å². The lowest BCUT2D eigenvalue weighted by molar-refractivity contribution is 0.282. The van der Waals surface area contributed by atoms with E-state index in [0.29, 0.717) is 11.5 Å². The number of hydrogen-bond acceptors (Lipinski definition) is 4. The fraction of sp³-hybridized carbons (Fsp3) is 0.667. The molecule has 0 unspecified atom stereocenters. The number of aliphatic hydroxyl groups excluding tert-OH is 1. The quantitative estimate of drug-likeness (QED) is 0.0641. The molecule has 0 fully saturated rings. The number of sulfone groups is 1. The van der Waals surface area contributed by atoms with Crippen molar-refractivity contribution in [2.75, 3.05) is 19.0 Å². The van der Waals surface area contributed by atoms with Crippen molar-refractivity contribution in [2.24, 2.45) is 0 Å². The van der Waals surface area contributed by atoms with Gasteiger partial charge in [0.2, 0.25) is 0 Å². The molecule has 0 aliphatic carbocycles. The summed E-state index contributed by atoms with van der Waals surface area (Å²) in [6.45, 7) is 3.36. The maximum atomic E-state index is 12.8. The van der Waals surface area contributed by atoms with Crippen LogP contribution in [0.5, 0.6) is 5.75 Å². The highest BCUT2D eigenvalue weighted by Crippen LogP contribution is 2.19. The lowest BCUT2D eigenvalue weighted by Crippen LogP contribution is -2.06. The molecule has 2 rings (SSSR count). The first-order valence-electron chi connectivity index (χ1n) is 19.4. The normalized spacial score (nSPS) is 11.9. The first-order chi connectivity index (χ1) is 23.0. The molecule has 0 aliphatic rings. The van der Waals surface area contributed by atoms with E-state index in [4.69, 9.17) is 9.84 Å². The molecular formula is C42H68O4S. The molecular weight excluding hydrogens is 601 g/mol. The smallest absolute Gasteiger partial charge is 0.178 e. The number of aliphatic hydroxyl groups is 1. The predicted octanol–water partition coefficient (Wildman–Crippen LogP) is 12.4. The summed E-state index contributed by atoms with van der Waals surface area (Å²) in [6, 6.07) is 15.4. The highest BCUT2D eigenvalue weighted by molar-refractivity contribution is 7.91. The van der Waals surface area contributed by atoms with Crippen LogP contribution in [-0.4, -0.2) is 32.5 Å².